The van der Waals surface area contributed by atoms with Crippen molar-refractivity contribution in [1.82, 2.24) is 10.9 Å². The summed E-state index contributed by atoms with van der Waals surface area (Å²) in [5.74, 6) is 1.38. The third-order valence-electron chi connectivity index (χ3n) is 4.76. The maximum atomic E-state index is 12.8. The monoisotopic (exact) mass is 460 g/mol. The number of amides is 2. The Kier molecular flexibility index (Phi) is 7.63. The second-order valence-electron chi connectivity index (χ2n) is 6.51. The average Bonchev–Trinajstić information content (AvgIpc) is 3.32. The zero-order valence-electron chi connectivity index (χ0n) is 15.9. The average molecular weight is 461 g/mol. The molecule has 1 saturated heterocycles. The summed E-state index contributed by atoms with van der Waals surface area (Å²) in [4.78, 5) is 36.5. The summed E-state index contributed by atoms with van der Waals surface area (Å²) in [5, 5.41) is 0. The van der Waals surface area contributed by atoms with E-state index in [0.29, 0.717) is 11.3 Å². The van der Waals surface area contributed by atoms with E-state index in [0.717, 1.165) is 36.3 Å². The fourth-order valence-electron chi connectivity index (χ4n) is 3.50. The zero-order valence-corrected chi connectivity index (χ0v) is 19.2. The van der Waals surface area contributed by atoms with Gasteiger partial charge in [-0.15, -0.1) is 46.6 Å². The van der Waals surface area contributed by atoms with Gasteiger partial charge in [-0.3, -0.25) is 25.2 Å². The number of fused-ring (bicyclic) bond motifs is 2. The molecule has 1 fully saturated rings. The van der Waals surface area contributed by atoms with Crippen molar-refractivity contribution in [2.75, 3.05) is 24.9 Å². The fourth-order valence-corrected chi connectivity index (χ4v) is 9.38. The van der Waals surface area contributed by atoms with Gasteiger partial charge in [0.2, 0.25) is 5.91 Å². The van der Waals surface area contributed by atoms with Crippen LogP contribution in [0.25, 0.3) is 0 Å². The van der Waals surface area contributed by atoms with Gasteiger partial charge in [-0.2, -0.15) is 0 Å². The first-order valence-corrected chi connectivity index (χ1v) is 13.2. The second-order valence-corrected chi connectivity index (χ2v) is 11.7. The minimum atomic E-state index is -0.344. The van der Waals surface area contributed by atoms with Gasteiger partial charge in [0, 0.05) is 29.9 Å². The van der Waals surface area contributed by atoms with Gasteiger partial charge in [-0.25, -0.2) is 0 Å². The molecule has 0 aromatic carbocycles. The van der Waals surface area contributed by atoms with Crippen LogP contribution in [-0.2, 0) is 24.8 Å². The van der Waals surface area contributed by atoms with Crippen LogP contribution >= 0.6 is 46.6 Å². The smallest absolute Gasteiger partial charge is 0.305 e. The van der Waals surface area contributed by atoms with E-state index < -0.39 is 0 Å². The largest absolute Gasteiger partial charge is 0.469 e. The first kappa shape index (κ1) is 21.9. The van der Waals surface area contributed by atoms with Gasteiger partial charge in [0.25, 0.3) is 5.91 Å². The van der Waals surface area contributed by atoms with Crippen molar-refractivity contribution in [3.05, 3.63) is 16.0 Å². The maximum Gasteiger partial charge on any atom is 0.305 e. The van der Waals surface area contributed by atoms with Crippen molar-refractivity contribution in [3.8, 4) is 0 Å². The normalized spacial score (nSPS) is 17.2. The second kappa shape index (κ2) is 9.77. The highest BCUT2D eigenvalue weighted by molar-refractivity contribution is 8.20. The van der Waals surface area contributed by atoms with Crippen LogP contribution in [-0.4, -0.2) is 42.7 Å². The van der Waals surface area contributed by atoms with Gasteiger partial charge in [-0.1, -0.05) is 0 Å². The lowest BCUT2D eigenvalue weighted by atomic mass is 9.92. The van der Waals surface area contributed by atoms with Gasteiger partial charge in [0.1, 0.15) is 0 Å². The first-order chi connectivity index (χ1) is 13.5. The van der Waals surface area contributed by atoms with Crippen molar-refractivity contribution in [2.45, 2.75) is 46.8 Å². The molecule has 1 aromatic heterocycles. The Hall–Kier alpha value is -0.840. The minimum Gasteiger partial charge on any atom is -0.469 e. The number of nitrogens with one attached hydrogen (secondary N) is 2. The van der Waals surface area contributed by atoms with E-state index in [1.54, 1.807) is 11.8 Å². The molecule has 10 heteroatoms. The van der Waals surface area contributed by atoms with Crippen molar-refractivity contribution >= 4 is 64.4 Å². The Morgan fingerprint density at radius 3 is 2.61 bits per heavy atom. The molecule has 1 aromatic rings. The molecule has 2 amide bonds. The van der Waals surface area contributed by atoms with Crippen molar-refractivity contribution in [2.24, 2.45) is 0 Å². The van der Waals surface area contributed by atoms with Crippen LogP contribution < -0.4 is 10.9 Å². The van der Waals surface area contributed by atoms with E-state index in [-0.39, 0.29) is 34.7 Å². The van der Waals surface area contributed by atoms with Crippen LogP contribution in [0, 0.1) is 0 Å². The Morgan fingerprint density at radius 2 is 1.93 bits per heavy atom. The Morgan fingerprint density at radius 1 is 1.18 bits per heavy atom. The summed E-state index contributed by atoms with van der Waals surface area (Å²) in [6.45, 7) is 0. The molecule has 2 heterocycles. The quantitative estimate of drug-likeness (QED) is 0.382. The number of thioether (sulfide) groups is 3. The summed E-state index contributed by atoms with van der Waals surface area (Å²) < 4.78 is 5.86. The van der Waals surface area contributed by atoms with Gasteiger partial charge < -0.3 is 4.74 Å². The third kappa shape index (κ3) is 4.66. The molecule has 0 atom stereocenters. The molecule has 28 heavy (non-hydrogen) atoms. The van der Waals surface area contributed by atoms with Crippen molar-refractivity contribution in [1.29, 1.82) is 0 Å². The Bertz CT molecular complexity index is 759. The number of ether oxygens (including phenoxy) is 1. The van der Waals surface area contributed by atoms with Crippen LogP contribution in [0.15, 0.2) is 4.21 Å². The number of thiophene rings is 1. The van der Waals surface area contributed by atoms with E-state index >= 15 is 0 Å². The van der Waals surface area contributed by atoms with E-state index in [2.05, 4.69) is 21.8 Å². The first-order valence-electron chi connectivity index (χ1n) is 9.15. The van der Waals surface area contributed by atoms with Gasteiger partial charge >= 0.3 is 5.97 Å². The molecule has 0 unspecified atom stereocenters. The third-order valence-corrected chi connectivity index (χ3v) is 10.6. The van der Waals surface area contributed by atoms with E-state index in [1.165, 1.54) is 28.2 Å². The summed E-state index contributed by atoms with van der Waals surface area (Å²) in [6.07, 6.45) is 5.93. The van der Waals surface area contributed by atoms with Crippen molar-refractivity contribution in [3.63, 3.8) is 0 Å². The highest BCUT2D eigenvalue weighted by atomic mass is 32.2. The molecule has 0 bridgehead atoms. The number of rotatable bonds is 6. The van der Waals surface area contributed by atoms with E-state index in [9.17, 15) is 14.4 Å². The Balaban J connectivity index is 1.65. The topological polar surface area (TPSA) is 84.5 Å². The standard InChI is InChI=1S/C18H24N2O4S4/c1-24-13(22)7-3-6-12(21)19-20-16(23)15-11-5-4-8-18(26-9-10-27-18)14(11)17(25-2)28-15/h3-10H2,1-2H3,(H,19,21)(H,20,23). The number of hydrazine groups is 1. The number of hydrogen-bond donors (Lipinski definition) is 2. The number of methoxy groups -OCH3 is 1. The Labute approximate surface area is 181 Å². The van der Waals surface area contributed by atoms with Crippen LogP contribution in [0.1, 0.15) is 52.9 Å². The zero-order chi connectivity index (χ0) is 20.1. The number of carbonyl (C=O) groups is 3. The highest BCUT2D eigenvalue weighted by Crippen LogP contribution is 2.61. The fraction of sp³-hybridized carbons (Fsp3) is 0.611. The van der Waals surface area contributed by atoms with Crippen LogP contribution in [0.2, 0.25) is 0 Å². The SMILES string of the molecule is COC(=O)CCCC(=O)NNC(=O)c1sc(SC)c2c1CCCC21SCCS1. The molecular weight excluding hydrogens is 436 g/mol. The molecule has 0 saturated carbocycles. The lowest BCUT2D eigenvalue weighted by Crippen LogP contribution is -2.41. The molecule has 0 radical (unpaired) electrons. The number of hydrogen-bond acceptors (Lipinski definition) is 8. The van der Waals surface area contributed by atoms with Gasteiger partial charge in [-0.05, 0) is 37.5 Å². The van der Waals surface area contributed by atoms with Crippen LogP contribution in [0.5, 0.6) is 0 Å². The summed E-state index contributed by atoms with van der Waals surface area (Å²) in [5.41, 5.74) is 7.52. The van der Waals surface area contributed by atoms with E-state index in [1.807, 2.05) is 23.5 Å². The predicted molar refractivity (Wildman–Crippen MR) is 117 cm³/mol. The molecule has 2 aliphatic rings. The molecular formula is C18H24N2O4S4. The predicted octanol–water partition coefficient (Wildman–Crippen LogP) is 3.54. The summed E-state index contributed by atoms with van der Waals surface area (Å²) in [6, 6.07) is 0. The van der Waals surface area contributed by atoms with E-state index in [4.69, 9.17) is 0 Å². The summed E-state index contributed by atoms with van der Waals surface area (Å²) >= 11 is 7.26. The van der Waals surface area contributed by atoms with Crippen LogP contribution in [0.3, 0.4) is 0 Å². The molecule has 3 rings (SSSR count). The van der Waals surface area contributed by atoms with Gasteiger partial charge in [0.05, 0.1) is 20.3 Å². The van der Waals surface area contributed by atoms with Gasteiger partial charge in [0.15, 0.2) is 0 Å². The number of carbonyl (C=O) groups excluding carboxylic acids is 3. The number of esters is 1. The van der Waals surface area contributed by atoms with Crippen LogP contribution in [0.4, 0.5) is 0 Å². The molecule has 1 aliphatic carbocycles. The maximum absolute atomic E-state index is 12.8. The lowest BCUT2D eigenvalue weighted by molar-refractivity contribution is -0.140. The molecule has 2 N–H and O–H groups in total. The lowest BCUT2D eigenvalue weighted by Gasteiger charge is -2.33. The molecule has 6 nitrogen and oxygen atoms in total. The van der Waals surface area contributed by atoms with Crippen molar-refractivity contribution < 1.29 is 19.1 Å². The molecule has 154 valence electrons. The molecule has 1 aliphatic heterocycles. The minimum absolute atomic E-state index is 0.0953. The highest BCUT2D eigenvalue weighted by Gasteiger charge is 2.45. The summed E-state index contributed by atoms with van der Waals surface area (Å²) in [7, 11) is 1.32. The molecule has 1 spiro atoms.